The molecule has 1 rings (SSSR count). The zero-order chi connectivity index (χ0) is 14.1. The largest absolute Gasteiger partial charge is 0.378 e. The van der Waals surface area contributed by atoms with Gasteiger partial charge in [-0.1, -0.05) is 13.8 Å². The van der Waals surface area contributed by atoms with Gasteiger partial charge in [0.15, 0.2) is 0 Å². The van der Waals surface area contributed by atoms with Gasteiger partial charge in [0.25, 0.3) is 0 Å². The highest BCUT2D eigenvalue weighted by atomic mass is 16.5. The monoisotopic (exact) mass is 270 g/mol. The molecule has 0 aromatic rings. The minimum Gasteiger partial charge on any atom is -0.378 e. The van der Waals surface area contributed by atoms with Gasteiger partial charge in [0.2, 0.25) is 5.91 Å². The Labute approximate surface area is 117 Å². The molecule has 1 aliphatic carbocycles. The lowest BCUT2D eigenvalue weighted by Crippen LogP contribution is -2.32. The lowest BCUT2D eigenvalue weighted by atomic mass is 9.94. The van der Waals surface area contributed by atoms with Gasteiger partial charge in [0.05, 0.1) is 6.10 Å². The van der Waals surface area contributed by atoms with Crippen molar-refractivity contribution in [2.75, 3.05) is 13.2 Å². The summed E-state index contributed by atoms with van der Waals surface area (Å²) in [5.74, 6) is 0.356. The molecule has 0 atom stereocenters. The van der Waals surface area contributed by atoms with Crippen LogP contribution in [0.5, 0.6) is 0 Å². The SMILES string of the molecule is CCC(CC)C(=O)NCCCOC1CCC(N)CC1. The van der Waals surface area contributed by atoms with Gasteiger partial charge in [-0.15, -0.1) is 0 Å². The first-order valence-electron chi connectivity index (χ1n) is 7.82. The van der Waals surface area contributed by atoms with Crippen molar-refractivity contribution in [2.45, 2.75) is 70.9 Å². The highest BCUT2D eigenvalue weighted by Gasteiger charge is 2.18. The van der Waals surface area contributed by atoms with E-state index >= 15 is 0 Å². The Morgan fingerprint density at radius 3 is 2.47 bits per heavy atom. The van der Waals surface area contributed by atoms with Crippen LogP contribution in [0.15, 0.2) is 0 Å². The van der Waals surface area contributed by atoms with E-state index in [0.29, 0.717) is 12.1 Å². The molecule has 0 bridgehead atoms. The Hall–Kier alpha value is -0.610. The Kier molecular flexibility index (Phi) is 8.07. The van der Waals surface area contributed by atoms with Gasteiger partial charge in [-0.3, -0.25) is 4.79 Å². The number of ether oxygens (including phenoxy) is 1. The van der Waals surface area contributed by atoms with Crippen LogP contribution in [-0.2, 0) is 9.53 Å². The molecule has 0 saturated heterocycles. The number of carbonyl (C=O) groups excluding carboxylic acids is 1. The zero-order valence-electron chi connectivity index (χ0n) is 12.5. The average molecular weight is 270 g/mol. The van der Waals surface area contributed by atoms with Crippen LogP contribution in [0, 0.1) is 5.92 Å². The topological polar surface area (TPSA) is 64.3 Å². The summed E-state index contributed by atoms with van der Waals surface area (Å²) in [6.45, 7) is 5.58. The molecule has 19 heavy (non-hydrogen) atoms. The molecule has 1 aliphatic rings. The van der Waals surface area contributed by atoms with E-state index in [9.17, 15) is 4.79 Å². The predicted octanol–water partition coefficient (Wildman–Crippen LogP) is 2.22. The summed E-state index contributed by atoms with van der Waals surface area (Å²) in [5, 5.41) is 2.99. The molecule has 0 heterocycles. The van der Waals surface area contributed by atoms with Crippen molar-refractivity contribution in [2.24, 2.45) is 11.7 Å². The summed E-state index contributed by atoms with van der Waals surface area (Å²) in [4.78, 5) is 11.7. The molecule has 1 amide bonds. The van der Waals surface area contributed by atoms with Gasteiger partial charge >= 0.3 is 0 Å². The van der Waals surface area contributed by atoms with Crippen molar-refractivity contribution in [3.8, 4) is 0 Å². The maximum Gasteiger partial charge on any atom is 0.223 e. The average Bonchev–Trinajstić information content (AvgIpc) is 2.42. The highest BCUT2D eigenvalue weighted by molar-refractivity contribution is 5.78. The summed E-state index contributed by atoms with van der Waals surface area (Å²) < 4.78 is 5.82. The van der Waals surface area contributed by atoms with E-state index in [0.717, 1.165) is 58.1 Å². The minimum absolute atomic E-state index is 0.167. The van der Waals surface area contributed by atoms with Gasteiger partial charge in [0, 0.05) is 25.1 Å². The molecule has 112 valence electrons. The Morgan fingerprint density at radius 2 is 1.89 bits per heavy atom. The van der Waals surface area contributed by atoms with E-state index in [-0.39, 0.29) is 11.8 Å². The smallest absolute Gasteiger partial charge is 0.223 e. The van der Waals surface area contributed by atoms with E-state index in [4.69, 9.17) is 10.5 Å². The fourth-order valence-electron chi connectivity index (χ4n) is 2.59. The molecule has 0 unspecified atom stereocenters. The minimum atomic E-state index is 0.167. The maximum atomic E-state index is 11.7. The van der Waals surface area contributed by atoms with Crippen molar-refractivity contribution in [3.05, 3.63) is 0 Å². The Balaban J connectivity index is 2.00. The van der Waals surface area contributed by atoms with E-state index in [1.165, 1.54) is 0 Å². The molecule has 0 radical (unpaired) electrons. The van der Waals surface area contributed by atoms with Crippen molar-refractivity contribution >= 4 is 5.91 Å². The normalized spacial score (nSPS) is 23.6. The maximum absolute atomic E-state index is 11.7. The Morgan fingerprint density at radius 1 is 1.26 bits per heavy atom. The molecule has 1 saturated carbocycles. The van der Waals surface area contributed by atoms with Crippen molar-refractivity contribution in [1.29, 1.82) is 0 Å². The fraction of sp³-hybridized carbons (Fsp3) is 0.933. The van der Waals surface area contributed by atoms with E-state index in [1.807, 2.05) is 0 Å². The van der Waals surface area contributed by atoms with Crippen LogP contribution in [0.3, 0.4) is 0 Å². The number of nitrogens with one attached hydrogen (secondary N) is 1. The molecule has 3 N–H and O–H groups in total. The molecule has 0 spiro atoms. The van der Waals surface area contributed by atoms with Crippen LogP contribution in [0.2, 0.25) is 0 Å². The number of hydrogen-bond donors (Lipinski definition) is 2. The number of amides is 1. The molecular formula is C15H30N2O2. The molecular weight excluding hydrogens is 240 g/mol. The summed E-state index contributed by atoms with van der Waals surface area (Å²) in [6.07, 6.45) is 7.44. The zero-order valence-corrected chi connectivity index (χ0v) is 12.5. The molecule has 0 aliphatic heterocycles. The third-order valence-electron chi connectivity index (χ3n) is 4.05. The van der Waals surface area contributed by atoms with Crippen LogP contribution in [0.1, 0.15) is 58.8 Å². The summed E-state index contributed by atoms with van der Waals surface area (Å²) in [5.41, 5.74) is 5.86. The van der Waals surface area contributed by atoms with Crippen LogP contribution in [0.25, 0.3) is 0 Å². The highest BCUT2D eigenvalue weighted by Crippen LogP contribution is 2.19. The molecule has 4 nitrogen and oxygen atoms in total. The van der Waals surface area contributed by atoms with Gasteiger partial charge in [0.1, 0.15) is 0 Å². The number of nitrogens with two attached hydrogens (primary N) is 1. The second-order valence-electron chi connectivity index (χ2n) is 5.57. The van der Waals surface area contributed by atoms with Crippen LogP contribution in [-0.4, -0.2) is 31.2 Å². The second kappa shape index (κ2) is 9.32. The van der Waals surface area contributed by atoms with Crippen LogP contribution < -0.4 is 11.1 Å². The van der Waals surface area contributed by atoms with Gasteiger partial charge in [-0.2, -0.15) is 0 Å². The fourth-order valence-corrected chi connectivity index (χ4v) is 2.59. The van der Waals surface area contributed by atoms with Gasteiger partial charge in [-0.25, -0.2) is 0 Å². The summed E-state index contributed by atoms with van der Waals surface area (Å²) in [7, 11) is 0. The van der Waals surface area contributed by atoms with E-state index in [2.05, 4.69) is 19.2 Å². The van der Waals surface area contributed by atoms with Crippen molar-refractivity contribution < 1.29 is 9.53 Å². The standard InChI is InChI=1S/C15H30N2O2/c1-3-12(4-2)15(18)17-10-5-11-19-14-8-6-13(16)7-9-14/h12-14H,3-11,16H2,1-2H3,(H,17,18). The van der Waals surface area contributed by atoms with E-state index < -0.39 is 0 Å². The first-order chi connectivity index (χ1) is 9.17. The first kappa shape index (κ1) is 16.4. The molecule has 0 aromatic heterocycles. The number of rotatable bonds is 8. The third-order valence-corrected chi connectivity index (χ3v) is 4.05. The summed E-state index contributed by atoms with van der Waals surface area (Å²) >= 11 is 0. The number of carbonyl (C=O) groups is 1. The van der Waals surface area contributed by atoms with Crippen molar-refractivity contribution in [1.82, 2.24) is 5.32 Å². The molecule has 4 heteroatoms. The molecule has 1 fully saturated rings. The summed E-state index contributed by atoms with van der Waals surface area (Å²) in [6, 6.07) is 0.374. The van der Waals surface area contributed by atoms with Crippen molar-refractivity contribution in [3.63, 3.8) is 0 Å². The second-order valence-corrected chi connectivity index (χ2v) is 5.57. The first-order valence-corrected chi connectivity index (χ1v) is 7.82. The van der Waals surface area contributed by atoms with E-state index in [1.54, 1.807) is 0 Å². The van der Waals surface area contributed by atoms with Crippen LogP contribution in [0.4, 0.5) is 0 Å². The van der Waals surface area contributed by atoms with Gasteiger partial charge < -0.3 is 15.8 Å². The lowest BCUT2D eigenvalue weighted by molar-refractivity contribution is -0.125. The Bertz CT molecular complexity index is 247. The van der Waals surface area contributed by atoms with Gasteiger partial charge in [-0.05, 0) is 44.9 Å². The quantitative estimate of drug-likeness (QED) is 0.665. The predicted molar refractivity (Wildman–Crippen MR) is 77.9 cm³/mol. The third kappa shape index (κ3) is 6.39. The molecule has 0 aromatic carbocycles. The lowest BCUT2D eigenvalue weighted by Gasteiger charge is -2.26. The number of hydrogen-bond acceptors (Lipinski definition) is 3. The van der Waals surface area contributed by atoms with Crippen LogP contribution >= 0.6 is 0 Å².